The second-order valence-electron chi connectivity index (χ2n) is 6.98. The van der Waals surface area contributed by atoms with Gasteiger partial charge in [0.1, 0.15) is 17.3 Å². The number of amides is 1. The van der Waals surface area contributed by atoms with Crippen molar-refractivity contribution >= 4 is 34.9 Å². The Balaban J connectivity index is 1.34. The molecule has 1 N–H and O–H groups in total. The maximum atomic E-state index is 12.1. The fourth-order valence-electron chi connectivity index (χ4n) is 2.99. The van der Waals surface area contributed by atoms with Crippen LogP contribution in [0.5, 0.6) is 5.75 Å². The Morgan fingerprint density at radius 2 is 1.76 bits per heavy atom. The SMILES string of the molecule is O=C(NN=Cc1ccc2cc(OC(=O)c3ccc([N+](=O)[O-])o3)ccc2c1)OCc1ccccc1. The van der Waals surface area contributed by atoms with Gasteiger partial charge >= 0.3 is 17.9 Å². The van der Waals surface area contributed by atoms with Gasteiger partial charge in [-0.2, -0.15) is 5.10 Å². The van der Waals surface area contributed by atoms with E-state index < -0.39 is 22.9 Å². The molecule has 0 aliphatic rings. The minimum Gasteiger partial charge on any atom is -0.443 e. The molecule has 4 aromatic rings. The number of carbonyl (C=O) groups excluding carboxylic acids is 2. The summed E-state index contributed by atoms with van der Waals surface area (Å²) in [6, 6.07) is 21.9. The van der Waals surface area contributed by atoms with Gasteiger partial charge in [0.2, 0.25) is 5.76 Å². The Hall–Kier alpha value is -4.99. The van der Waals surface area contributed by atoms with Gasteiger partial charge in [0.25, 0.3) is 0 Å². The Bertz CT molecular complexity index is 1380. The van der Waals surface area contributed by atoms with Gasteiger partial charge in [-0.25, -0.2) is 15.0 Å². The van der Waals surface area contributed by atoms with Gasteiger partial charge in [0.15, 0.2) is 0 Å². The fraction of sp³-hybridized carbons (Fsp3) is 0.0417. The summed E-state index contributed by atoms with van der Waals surface area (Å²) >= 11 is 0. The average molecular weight is 459 g/mol. The van der Waals surface area contributed by atoms with E-state index in [1.165, 1.54) is 12.3 Å². The lowest BCUT2D eigenvalue weighted by Gasteiger charge is -2.05. The molecule has 0 fully saturated rings. The van der Waals surface area contributed by atoms with Gasteiger partial charge in [0.05, 0.1) is 12.3 Å². The van der Waals surface area contributed by atoms with Crippen LogP contribution in [0.15, 0.2) is 88.4 Å². The molecule has 1 heterocycles. The first-order valence-corrected chi connectivity index (χ1v) is 9.98. The second-order valence-corrected chi connectivity index (χ2v) is 6.98. The van der Waals surface area contributed by atoms with Crippen molar-refractivity contribution in [3.63, 3.8) is 0 Å². The number of rotatable bonds is 7. The monoisotopic (exact) mass is 459 g/mol. The number of nitrogens with zero attached hydrogens (tertiary/aromatic N) is 2. The number of hydrazone groups is 1. The third kappa shape index (κ3) is 5.62. The second kappa shape index (κ2) is 10.1. The highest BCUT2D eigenvalue weighted by molar-refractivity contribution is 5.93. The Morgan fingerprint density at radius 1 is 1.00 bits per heavy atom. The number of ether oxygens (including phenoxy) is 2. The molecule has 0 atom stereocenters. The largest absolute Gasteiger partial charge is 0.443 e. The van der Waals surface area contributed by atoms with Gasteiger partial charge in [-0.05, 0) is 46.2 Å². The molecule has 1 amide bonds. The molecule has 10 heteroatoms. The van der Waals surface area contributed by atoms with Crippen molar-refractivity contribution in [3.8, 4) is 5.75 Å². The van der Waals surface area contributed by atoms with E-state index in [-0.39, 0.29) is 18.1 Å². The first-order chi connectivity index (χ1) is 16.5. The quantitative estimate of drug-likeness (QED) is 0.138. The molecule has 0 bridgehead atoms. The lowest BCUT2D eigenvalue weighted by Crippen LogP contribution is -2.18. The van der Waals surface area contributed by atoms with E-state index in [1.54, 1.807) is 30.3 Å². The van der Waals surface area contributed by atoms with E-state index in [9.17, 15) is 19.7 Å². The summed E-state index contributed by atoms with van der Waals surface area (Å²) in [5, 5.41) is 16.2. The van der Waals surface area contributed by atoms with Crippen LogP contribution < -0.4 is 10.2 Å². The number of hydrogen-bond acceptors (Lipinski definition) is 8. The molecule has 0 aliphatic carbocycles. The van der Waals surface area contributed by atoms with Crippen molar-refractivity contribution in [2.45, 2.75) is 6.61 Å². The van der Waals surface area contributed by atoms with E-state index in [0.717, 1.165) is 28.0 Å². The van der Waals surface area contributed by atoms with Crippen molar-refractivity contribution < 1.29 is 28.4 Å². The molecular formula is C24H17N3O7. The van der Waals surface area contributed by atoms with Gasteiger partial charge < -0.3 is 13.9 Å². The standard InChI is InChI=1S/C24H17N3O7/c28-23(21-10-11-22(34-21)27(30)31)33-20-9-8-18-12-17(6-7-19(18)13-20)14-25-26-24(29)32-15-16-4-2-1-3-5-16/h1-14H,15H2,(H,26,29). The molecule has 1 aromatic heterocycles. The summed E-state index contributed by atoms with van der Waals surface area (Å²) in [5.41, 5.74) is 3.90. The van der Waals surface area contributed by atoms with Crippen LogP contribution >= 0.6 is 0 Å². The number of hydrogen-bond donors (Lipinski definition) is 1. The van der Waals surface area contributed by atoms with Crippen LogP contribution in [0.3, 0.4) is 0 Å². The lowest BCUT2D eigenvalue weighted by molar-refractivity contribution is -0.402. The van der Waals surface area contributed by atoms with Gasteiger partial charge in [-0.15, -0.1) is 0 Å². The molecular weight excluding hydrogens is 442 g/mol. The zero-order chi connectivity index (χ0) is 23.9. The number of benzene rings is 3. The normalized spacial score (nSPS) is 10.8. The zero-order valence-electron chi connectivity index (χ0n) is 17.5. The van der Waals surface area contributed by atoms with Crippen molar-refractivity contribution in [1.29, 1.82) is 0 Å². The molecule has 0 aliphatic heterocycles. The predicted molar refractivity (Wildman–Crippen MR) is 122 cm³/mol. The maximum Gasteiger partial charge on any atom is 0.433 e. The van der Waals surface area contributed by atoms with Gasteiger partial charge in [0, 0.05) is 0 Å². The molecule has 34 heavy (non-hydrogen) atoms. The van der Waals surface area contributed by atoms with Crippen LogP contribution in [0, 0.1) is 10.1 Å². The van der Waals surface area contributed by atoms with Crippen molar-refractivity contribution in [2.75, 3.05) is 0 Å². The Kier molecular flexibility index (Phi) is 6.59. The number of nitro groups is 1. The minimum atomic E-state index is -0.846. The van der Waals surface area contributed by atoms with Crippen LogP contribution in [0.1, 0.15) is 21.7 Å². The molecule has 0 spiro atoms. The van der Waals surface area contributed by atoms with E-state index >= 15 is 0 Å². The molecule has 0 radical (unpaired) electrons. The van der Waals surface area contributed by atoms with Crippen LogP contribution in [0.25, 0.3) is 10.8 Å². The van der Waals surface area contributed by atoms with Crippen molar-refractivity contribution in [3.05, 3.63) is 106 Å². The van der Waals surface area contributed by atoms with Crippen molar-refractivity contribution in [1.82, 2.24) is 5.43 Å². The highest BCUT2D eigenvalue weighted by Gasteiger charge is 2.19. The topological polar surface area (TPSA) is 133 Å². The van der Waals surface area contributed by atoms with E-state index in [2.05, 4.69) is 10.5 Å². The number of furan rings is 1. The van der Waals surface area contributed by atoms with E-state index in [1.807, 2.05) is 36.4 Å². The summed E-state index contributed by atoms with van der Waals surface area (Å²) in [6.45, 7) is 0.141. The molecule has 4 rings (SSSR count). The third-order valence-corrected chi connectivity index (χ3v) is 4.60. The summed E-state index contributed by atoms with van der Waals surface area (Å²) in [4.78, 5) is 33.8. The van der Waals surface area contributed by atoms with Crippen LogP contribution in [0.4, 0.5) is 10.7 Å². The van der Waals surface area contributed by atoms with Crippen LogP contribution in [-0.2, 0) is 11.3 Å². The summed E-state index contributed by atoms with van der Waals surface area (Å²) < 4.78 is 15.2. The number of carbonyl (C=O) groups is 2. The molecule has 170 valence electrons. The van der Waals surface area contributed by atoms with E-state index in [0.29, 0.717) is 0 Å². The Morgan fingerprint density at radius 3 is 2.53 bits per heavy atom. The number of esters is 1. The first-order valence-electron chi connectivity index (χ1n) is 9.98. The number of nitrogens with one attached hydrogen (secondary N) is 1. The van der Waals surface area contributed by atoms with E-state index in [4.69, 9.17) is 13.9 Å². The zero-order valence-corrected chi connectivity index (χ0v) is 17.5. The lowest BCUT2D eigenvalue weighted by atomic mass is 10.1. The predicted octanol–water partition coefficient (Wildman–Crippen LogP) is 4.82. The smallest absolute Gasteiger partial charge is 0.433 e. The fourth-order valence-corrected chi connectivity index (χ4v) is 2.99. The minimum absolute atomic E-state index is 0.141. The molecule has 10 nitrogen and oxygen atoms in total. The summed E-state index contributed by atoms with van der Waals surface area (Å²) in [6.07, 6.45) is 0.801. The average Bonchev–Trinajstić information content (AvgIpc) is 3.35. The van der Waals surface area contributed by atoms with Crippen LogP contribution in [-0.4, -0.2) is 23.2 Å². The summed E-state index contributed by atoms with van der Waals surface area (Å²) in [5.74, 6) is -1.41. The molecule has 0 saturated carbocycles. The molecule has 3 aromatic carbocycles. The maximum absolute atomic E-state index is 12.1. The molecule has 0 saturated heterocycles. The third-order valence-electron chi connectivity index (χ3n) is 4.60. The molecule has 0 unspecified atom stereocenters. The first kappa shape index (κ1) is 22.2. The van der Waals surface area contributed by atoms with Crippen LogP contribution in [0.2, 0.25) is 0 Å². The highest BCUT2D eigenvalue weighted by Crippen LogP contribution is 2.23. The number of fused-ring (bicyclic) bond motifs is 1. The van der Waals surface area contributed by atoms with Gasteiger partial charge in [-0.1, -0.05) is 48.5 Å². The Labute approximate surface area is 192 Å². The summed E-state index contributed by atoms with van der Waals surface area (Å²) in [7, 11) is 0. The van der Waals surface area contributed by atoms with Crippen molar-refractivity contribution in [2.24, 2.45) is 5.10 Å². The highest BCUT2D eigenvalue weighted by atomic mass is 16.7. The van der Waals surface area contributed by atoms with Gasteiger partial charge in [-0.3, -0.25) is 10.1 Å².